The Morgan fingerprint density at radius 1 is 0.970 bits per heavy atom. The number of pyridine rings is 1. The second kappa shape index (κ2) is 10.1. The largest absolute Gasteiger partial charge is 0.493 e. The highest BCUT2D eigenvalue weighted by Gasteiger charge is 2.19. The first-order chi connectivity index (χ1) is 16.1. The van der Waals surface area contributed by atoms with Crippen molar-refractivity contribution in [2.75, 3.05) is 13.2 Å². The van der Waals surface area contributed by atoms with Crippen LogP contribution in [-0.2, 0) is 0 Å². The van der Waals surface area contributed by atoms with Gasteiger partial charge in [0.1, 0.15) is 11.5 Å². The predicted molar refractivity (Wildman–Crippen MR) is 127 cm³/mol. The van der Waals surface area contributed by atoms with Gasteiger partial charge < -0.3 is 14.5 Å². The van der Waals surface area contributed by atoms with Gasteiger partial charge in [-0.1, -0.05) is 43.2 Å². The minimum absolute atomic E-state index is 0.239. The summed E-state index contributed by atoms with van der Waals surface area (Å²) in [6, 6.07) is 15.6. The number of rotatable bonds is 9. The van der Waals surface area contributed by atoms with Crippen molar-refractivity contribution >= 4 is 0 Å². The Hall–Kier alpha value is -3.94. The van der Waals surface area contributed by atoms with Crippen molar-refractivity contribution in [3.05, 3.63) is 64.4 Å². The molecule has 0 aliphatic carbocycles. The maximum atomic E-state index is 13.2. The third-order valence-corrected chi connectivity index (χ3v) is 5.27. The van der Waals surface area contributed by atoms with Crippen LogP contribution in [0.5, 0.6) is 11.5 Å². The van der Waals surface area contributed by atoms with E-state index in [1.807, 2.05) is 62.4 Å². The van der Waals surface area contributed by atoms with E-state index in [9.17, 15) is 4.79 Å². The quantitative estimate of drug-likeness (QED) is 0.359. The molecular weight excluding hydrogens is 418 g/mol. The Bertz CT molecular complexity index is 1260. The number of tetrazole rings is 1. The minimum atomic E-state index is -0.310. The molecule has 0 bridgehead atoms. The number of aromatic nitrogens is 5. The van der Waals surface area contributed by atoms with Gasteiger partial charge in [-0.05, 0) is 49.2 Å². The molecule has 8 heteroatoms. The highest BCUT2D eigenvalue weighted by molar-refractivity contribution is 5.84. The van der Waals surface area contributed by atoms with Crippen LogP contribution in [0.25, 0.3) is 33.8 Å². The van der Waals surface area contributed by atoms with E-state index in [2.05, 4.69) is 32.5 Å². The average Bonchev–Trinajstić information content (AvgIpc) is 3.34. The maximum Gasteiger partial charge on any atom is 0.260 e. The number of aryl methyl sites for hydroxylation is 1. The summed E-state index contributed by atoms with van der Waals surface area (Å²) in [5, 5.41) is 14.1. The third kappa shape index (κ3) is 4.95. The molecule has 0 amide bonds. The first-order valence-electron chi connectivity index (χ1n) is 11.1. The summed E-state index contributed by atoms with van der Waals surface area (Å²) >= 11 is 0. The molecule has 33 heavy (non-hydrogen) atoms. The lowest BCUT2D eigenvalue weighted by Crippen LogP contribution is -2.13. The molecule has 2 N–H and O–H groups in total. The lowest BCUT2D eigenvalue weighted by molar-refractivity contribution is 0.303. The van der Waals surface area contributed by atoms with E-state index in [1.165, 1.54) is 0 Å². The normalized spacial score (nSPS) is 10.9. The highest BCUT2D eigenvalue weighted by Crippen LogP contribution is 2.36. The summed E-state index contributed by atoms with van der Waals surface area (Å²) in [4.78, 5) is 16.2. The van der Waals surface area contributed by atoms with Gasteiger partial charge in [-0.15, -0.1) is 10.2 Å². The fourth-order valence-electron chi connectivity index (χ4n) is 3.58. The molecule has 0 radical (unpaired) electrons. The fraction of sp³-hybridized carbons (Fsp3) is 0.280. The molecule has 0 aliphatic rings. The summed E-state index contributed by atoms with van der Waals surface area (Å²) in [6.07, 6.45) is 2.04. The second-order valence-corrected chi connectivity index (χ2v) is 7.70. The van der Waals surface area contributed by atoms with E-state index in [-0.39, 0.29) is 11.4 Å². The van der Waals surface area contributed by atoms with Gasteiger partial charge in [-0.25, -0.2) is 0 Å². The van der Waals surface area contributed by atoms with Crippen LogP contribution >= 0.6 is 0 Å². The number of benzene rings is 2. The molecule has 2 heterocycles. The fourth-order valence-corrected chi connectivity index (χ4v) is 3.58. The van der Waals surface area contributed by atoms with Crippen LogP contribution in [0, 0.1) is 6.92 Å². The Balaban J connectivity index is 1.85. The third-order valence-electron chi connectivity index (χ3n) is 5.27. The average molecular weight is 446 g/mol. The number of H-pyrrole nitrogens is 2. The van der Waals surface area contributed by atoms with Gasteiger partial charge in [0.2, 0.25) is 5.82 Å². The van der Waals surface area contributed by atoms with Gasteiger partial charge in [-0.2, -0.15) is 5.21 Å². The molecule has 4 aromatic rings. The van der Waals surface area contributed by atoms with Crippen LogP contribution in [0.2, 0.25) is 0 Å². The maximum absolute atomic E-state index is 13.2. The molecule has 2 aromatic heterocycles. The summed E-state index contributed by atoms with van der Waals surface area (Å²) in [5.74, 6) is 1.62. The van der Waals surface area contributed by atoms with Crippen molar-refractivity contribution in [2.45, 2.75) is 33.6 Å². The molecule has 0 fully saturated rings. The Morgan fingerprint density at radius 2 is 1.79 bits per heavy atom. The zero-order valence-corrected chi connectivity index (χ0v) is 19.0. The molecule has 0 aliphatic heterocycles. The van der Waals surface area contributed by atoms with Crippen molar-refractivity contribution in [2.24, 2.45) is 0 Å². The van der Waals surface area contributed by atoms with Gasteiger partial charge >= 0.3 is 0 Å². The zero-order chi connectivity index (χ0) is 23.2. The van der Waals surface area contributed by atoms with Crippen molar-refractivity contribution < 1.29 is 9.47 Å². The van der Waals surface area contributed by atoms with E-state index in [0.29, 0.717) is 35.8 Å². The molecule has 0 spiro atoms. The lowest BCUT2D eigenvalue weighted by atomic mass is 9.97. The van der Waals surface area contributed by atoms with Crippen LogP contribution in [0.15, 0.2) is 53.3 Å². The number of nitrogens with one attached hydrogen (secondary N) is 2. The minimum Gasteiger partial charge on any atom is -0.493 e. The number of ether oxygens (including phenoxy) is 2. The predicted octanol–water partition coefficient (Wildman–Crippen LogP) is 4.78. The topological polar surface area (TPSA) is 106 Å². The molecule has 8 nitrogen and oxygen atoms in total. The van der Waals surface area contributed by atoms with Gasteiger partial charge in [0.05, 0.1) is 24.5 Å². The van der Waals surface area contributed by atoms with E-state index >= 15 is 0 Å². The lowest BCUT2D eigenvalue weighted by Gasteiger charge is -2.15. The number of hydrogen-bond donors (Lipinski definition) is 2. The van der Waals surface area contributed by atoms with Crippen LogP contribution < -0.4 is 15.0 Å². The first-order valence-corrected chi connectivity index (χ1v) is 11.1. The molecule has 170 valence electrons. The zero-order valence-electron chi connectivity index (χ0n) is 19.0. The molecular formula is C25H27N5O3. The van der Waals surface area contributed by atoms with Gasteiger partial charge in [0.15, 0.2) is 0 Å². The summed E-state index contributed by atoms with van der Waals surface area (Å²) in [5.41, 5.74) is 4.16. The van der Waals surface area contributed by atoms with Gasteiger partial charge in [0.25, 0.3) is 5.56 Å². The van der Waals surface area contributed by atoms with E-state index in [0.717, 1.165) is 35.3 Å². The van der Waals surface area contributed by atoms with Crippen molar-refractivity contribution in [3.63, 3.8) is 0 Å². The summed E-state index contributed by atoms with van der Waals surface area (Å²) in [6.45, 7) is 7.20. The number of unbranched alkanes of at least 4 members (excludes halogenated alkanes) is 1. The second-order valence-electron chi connectivity index (χ2n) is 7.70. The Kier molecular flexibility index (Phi) is 6.83. The smallest absolute Gasteiger partial charge is 0.260 e. The van der Waals surface area contributed by atoms with Gasteiger partial charge in [-0.3, -0.25) is 4.79 Å². The van der Waals surface area contributed by atoms with E-state index < -0.39 is 0 Å². The van der Waals surface area contributed by atoms with Crippen LogP contribution in [-0.4, -0.2) is 38.8 Å². The molecule has 2 aromatic carbocycles. The summed E-state index contributed by atoms with van der Waals surface area (Å²) in [7, 11) is 0. The summed E-state index contributed by atoms with van der Waals surface area (Å²) < 4.78 is 11.7. The van der Waals surface area contributed by atoms with Crippen LogP contribution in [0.1, 0.15) is 32.3 Å². The number of aromatic amines is 2. The van der Waals surface area contributed by atoms with Gasteiger partial charge in [0, 0.05) is 17.2 Å². The number of nitrogens with zero attached hydrogens (tertiary/aromatic N) is 3. The monoisotopic (exact) mass is 445 g/mol. The molecule has 0 atom stereocenters. The van der Waals surface area contributed by atoms with Crippen LogP contribution in [0.4, 0.5) is 0 Å². The SMILES string of the molecule is CCCCOc1ccc(-c2cc(-c3ccc(C)cc3)c(-c3nn[nH]n3)c(=O)[nH]2)c(OCC)c1. The standard InChI is InChI=1S/C25H27N5O3/c1-4-6-13-33-18-11-12-19(22(14-18)32-5-2)21-15-20(17-9-7-16(3)8-10-17)23(25(31)26-21)24-27-29-30-28-24/h7-12,14-15H,4-6,13H2,1-3H3,(H,26,31)(H,27,28,29,30). The van der Waals surface area contributed by atoms with Crippen molar-refractivity contribution in [3.8, 4) is 45.3 Å². The molecule has 4 rings (SSSR count). The first kappa shape index (κ1) is 22.3. The van der Waals surface area contributed by atoms with Crippen molar-refractivity contribution in [1.82, 2.24) is 25.6 Å². The van der Waals surface area contributed by atoms with Crippen molar-refractivity contribution in [1.29, 1.82) is 0 Å². The Morgan fingerprint density at radius 3 is 2.48 bits per heavy atom. The molecule has 0 unspecified atom stereocenters. The van der Waals surface area contributed by atoms with E-state index in [1.54, 1.807) is 0 Å². The Labute approximate surface area is 192 Å². The molecule has 0 saturated heterocycles. The molecule has 0 saturated carbocycles. The van der Waals surface area contributed by atoms with Crippen LogP contribution in [0.3, 0.4) is 0 Å². The highest BCUT2D eigenvalue weighted by atomic mass is 16.5. The van der Waals surface area contributed by atoms with E-state index in [4.69, 9.17) is 9.47 Å². The number of hydrogen-bond acceptors (Lipinski definition) is 6.